The van der Waals surface area contributed by atoms with E-state index in [0.717, 1.165) is 18.4 Å². The molecule has 0 spiro atoms. The second-order valence-electron chi connectivity index (χ2n) is 4.38. The smallest absolute Gasteiger partial charge is 0.251 e. The van der Waals surface area contributed by atoms with Crippen LogP contribution < -0.4 is 10.0 Å². The first-order chi connectivity index (χ1) is 8.46. The van der Waals surface area contributed by atoms with Crippen molar-refractivity contribution < 1.29 is 8.42 Å². The van der Waals surface area contributed by atoms with Gasteiger partial charge in [0.25, 0.3) is 10.0 Å². The van der Waals surface area contributed by atoms with Gasteiger partial charge in [0.05, 0.1) is 11.8 Å². The lowest BCUT2D eigenvalue weighted by Gasteiger charge is -2.31. The fourth-order valence-electron chi connectivity index (χ4n) is 2.08. The lowest BCUT2D eigenvalue weighted by molar-refractivity contribution is 0.582. The number of nitrogens with zero attached hydrogens (tertiary/aromatic N) is 2. The van der Waals surface area contributed by atoms with Crippen LogP contribution in [0.5, 0.6) is 0 Å². The maximum absolute atomic E-state index is 12.3. The summed E-state index contributed by atoms with van der Waals surface area (Å²) in [4.78, 5) is 0. The summed E-state index contributed by atoms with van der Waals surface area (Å²) in [5.74, 6) is 0. The van der Waals surface area contributed by atoms with E-state index in [9.17, 15) is 8.42 Å². The van der Waals surface area contributed by atoms with E-state index in [-0.39, 0.29) is 0 Å². The summed E-state index contributed by atoms with van der Waals surface area (Å²) in [6, 6.07) is 7.07. The Labute approximate surface area is 107 Å². The monoisotopic (exact) mass is 265 g/mol. The summed E-state index contributed by atoms with van der Waals surface area (Å²) in [5.41, 5.74) is 7.81. The topological polar surface area (TPSA) is 87.2 Å². The van der Waals surface area contributed by atoms with E-state index >= 15 is 0 Å². The van der Waals surface area contributed by atoms with Crippen LogP contribution in [0.4, 0.5) is 11.4 Å². The summed E-state index contributed by atoms with van der Waals surface area (Å²) in [7, 11) is -3.63. The zero-order chi connectivity index (χ0) is 13.3. The predicted molar refractivity (Wildman–Crippen MR) is 70.5 cm³/mol. The van der Waals surface area contributed by atoms with E-state index in [4.69, 9.17) is 11.0 Å². The SMILES string of the molecule is CC(C#N)S(=O)(=O)N1CCCc2ccc(N)cc21. The molecule has 2 N–H and O–H groups in total. The Morgan fingerprint density at radius 1 is 1.50 bits per heavy atom. The lowest BCUT2D eigenvalue weighted by Crippen LogP contribution is -2.40. The van der Waals surface area contributed by atoms with Gasteiger partial charge in [-0.05, 0) is 37.5 Å². The first kappa shape index (κ1) is 12.7. The molecule has 1 aliphatic heterocycles. The Hall–Kier alpha value is -1.74. The molecule has 0 saturated heterocycles. The van der Waals surface area contributed by atoms with Crippen LogP contribution in [0.3, 0.4) is 0 Å². The minimum atomic E-state index is -3.63. The van der Waals surface area contributed by atoms with Crippen molar-refractivity contribution in [2.24, 2.45) is 0 Å². The van der Waals surface area contributed by atoms with E-state index in [1.54, 1.807) is 18.2 Å². The fourth-order valence-corrected chi connectivity index (χ4v) is 3.42. The molecular weight excluding hydrogens is 250 g/mol. The number of sulfonamides is 1. The second kappa shape index (κ2) is 4.50. The van der Waals surface area contributed by atoms with Crippen LogP contribution in [0.1, 0.15) is 18.9 Å². The average Bonchev–Trinajstić information content (AvgIpc) is 2.36. The summed E-state index contributed by atoms with van der Waals surface area (Å²) < 4.78 is 25.8. The van der Waals surface area contributed by atoms with Gasteiger partial charge in [-0.2, -0.15) is 5.26 Å². The second-order valence-corrected chi connectivity index (χ2v) is 6.56. The Morgan fingerprint density at radius 2 is 2.22 bits per heavy atom. The van der Waals surface area contributed by atoms with Gasteiger partial charge in [0, 0.05) is 12.2 Å². The molecule has 6 heteroatoms. The zero-order valence-corrected chi connectivity index (χ0v) is 10.9. The number of fused-ring (bicyclic) bond motifs is 1. The van der Waals surface area contributed by atoms with Crippen molar-refractivity contribution in [2.45, 2.75) is 25.0 Å². The van der Waals surface area contributed by atoms with Crippen LogP contribution in [-0.2, 0) is 16.4 Å². The number of rotatable bonds is 2. The van der Waals surface area contributed by atoms with Crippen LogP contribution in [0, 0.1) is 11.3 Å². The van der Waals surface area contributed by atoms with Gasteiger partial charge in [0.2, 0.25) is 0 Å². The molecule has 1 aromatic rings. The van der Waals surface area contributed by atoms with Crippen molar-refractivity contribution in [1.82, 2.24) is 0 Å². The molecule has 0 fully saturated rings. The number of nitrogens with two attached hydrogens (primary N) is 1. The largest absolute Gasteiger partial charge is 0.399 e. The Balaban J connectivity index is 2.51. The van der Waals surface area contributed by atoms with Gasteiger partial charge in [0.15, 0.2) is 5.25 Å². The molecule has 0 aliphatic carbocycles. The molecule has 2 rings (SSSR count). The molecule has 0 saturated carbocycles. The van der Waals surface area contributed by atoms with Crippen molar-refractivity contribution in [2.75, 3.05) is 16.6 Å². The van der Waals surface area contributed by atoms with Gasteiger partial charge in [-0.3, -0.25) is 4.31 Å². The van der Waals surface area contributed by atoms with Crippen molar-refractivity contribution in [3.63, 3.8) is 0 Å². The highest BCUT2D eigenvalue weighted by molar-refractivity contribution is 7.93. The highest BCUT2D eigenvalue weighted by Crippen LogP contribution is 2.32. The maximum atomic E-state index is 12.3. The molecule has 0 radical (unpaired) electrons. The molecule has 5 nitrogen and oxygen atoms in total. The standard InChI is InChI=1S/C12H15N3O2S/c1-9(8-13)18(16,17)15-6-2-3-10-4-5-11(14)7-12(10)15/h4-5,7,9H,2-3,6,14H2,1H3. The van der Waals surface area contributed by atoms with Crippen molar-refractivity contribution >= 4 is 21.4 Å². The Bertz CT molecular complexity index is 604. The number of anilines is 2. The van der Waals surface area contributed by atoms with Crippen molar-refractivity contribution in [3.05, 3.63) is 23.8 Å². The Morgan fingerprint density at radius 3 is 2.89 bits per heavy atom. The highest BCUT2D eigenvalue weighted by atomic mass is 32.2. The van der Waals surface area contributed by atoms with Crippen LogP contribution in [0.2, 0.25) is 0 Å². The molecule has 1 heterocycles. The third kappa shape index (κ3) is 2.02. The summed E-state index contributed by atoms with van der Waals surface area (Å²) in [6.07, 6.45) is 1.59. The number of aryl methyl sites for hydroxylation is 1. The molecular formula is C12H15N3O2S. The minimum Gasteiger partial charge on any atom is -0.399 e. The molecule has 1 unspecified atom stereocenters. The Kier molecular flexibility index (Phi) is 3.18. The molecule has 0 aromatic heterocycles. The number of nitrogen functional groups attached to an aromatic ring is 1. The van der Waals surface area contributed by atoms with Gasteiger partial charge >= 0.3 is 0 Å². The minimum absolute atomic E-state index is 0.408. The van der Waals surface area contributed by atoms with E-state index in [1.807, 2.05) is 6.07 Å². The van der Waals surface area contributed by atoms with E-state index < -0.39 is 15.3 Å². The fraction of sp³-hybridized carbons (Fsp3) is 0.417. The summed E-state index contributed by atoms with van der Waals surface area (Å²) in [5, 5.41) is 7.77. The number of benzene rings is 1. The molecule has 0 amide bonds. The van der Waals surface area contributed by atoms with Crippen LogP contribution in [-0.4, -0.2) is 20.2 Å². The first-order valence-electron chi connectivity index (χ1n) is 5.76. The van der Waals surface area contributed by atoms with Crippen molar-refractivity contribution in [3.8, 4) is 6.07 Å². The normalized spacial score (nSPS) is 16.8. The lowest BCUT2D eigenvalue weighted by atomic mass is 10.0. The molecule has 0 bridgehead atoms. The van der Waals surface area contributed by atoms with Crippen LogP contribution in [0.25, 0.3) is 0 Å². The summed E-state index contributed by atoms with van der Waals surface area (Å²) >= 11 is 0. The van der Waals surface area contributed by atoms with E-state index in [2.05, 4.69) is 0 Å². The molecule has 1 aliphatic rings. The number of nitriles is 1. The third-order valence-corrected chi connectivity index (χ3v) is 5.11. The third-order valence-electron chi connectivity index (χ3n) is 3.12. The quantitative estimate of drug-likeness (QED) is 0.815. The van der Waals surface area contributed by atoms with Gasteiger partial charge in [-0.15, -0.1) is 0 Å². The van der Waals surface area contributed by atoms with Crippen molar-refractivity contribution in [1.29, 1.82) is 5.26 Å². The average molecular weight is 265 g/mol. The number of hydrogen-bond donors (Lipinski definition) is 1. The van der Waals surface area contributed by atoms with Gasteiger partial charge < -0.3 is 5.73 Å². The molecule has 1 atom stereocenters. The van der Waals surface area contributed by atoms with Crippen LogP contribution in [0.15, 0.2) is 18.2 Å². The maximum Gasteiger partial charge on any atom is 0.251 e. The van der Waals surface area contributed by atoms with E-state index in [1.165, 1.54) is 11.2 Å². The molecule has 96 valence electrons. The molecule has 18 heavy (non-hydrogen) atoms. The zero-order valence-electron chi connectivity index (χ0n) is 10.1. The first-order valence-corrected chi connectivity index (χ1v) is 7.26. The predicted octanol–water partition coefficient (Wildman–Crippen LogP) is 1.26. The van der Waals surface area contributed by atoms with Gasteiger partial charge in [0.1, 0.15) is 0 Å². The number of hydrogen-bond acceptors (Lipinski definition) is 4. The summed E-state index contributed by atoms with van der Waals surface area (Å²) in [6.45, 7) is 1.81. The molecule has 1 aromatic carbocycles. The van der Waals surface area contributed by atoms with Gasteiger partial charge in [-0.1, -0.05) is 6.07 Å². The highest BCUT2D eigenvalue weighted by Gasteiger charge is 2.32. The van der Waals surface area contributed by atoms with Gasteiger partial charge in [-0.25, -0.2) is 8.42 Å². The van der Waals surface area contributed by atoms with E-state index in [0.29, 0.717) is 17.9 Å². The van der Waals surface area contributed by atoms with Crippen LogP contribution >= 0.6 is 0 Å².